The monoisotopic (exact) mass is 227 g/mol. The molecule has 0 unspecified atom stereocenters. The fourth-order valence-electron chi connectivity index (χ4n) is 1.55. The van der Waals surface area contributed by atoms with Crippen LogP contribution >= 0.6 is 0 Å². The van der Waals surface area contributed by atoms with E-state index in [4.69, 9.17) is 5.73 Å². The Morgan fingerprint density at radius 3 is 2.62 bits per heavy atom. The highest BCUT2D eigenvalue weighted by Gasteiger charge is 2.31. The third-order valence-electron chi connectivity index (χ3n) is 2.82. The lowest BCUT2D eigenvalue weighted by Gasteiger charge is -2.31. The first-order valence-electron chi connectivity index (χ1n) is 5.63. The molecular weight excluding hydrogens is 206 g/mol. The average Bonchev–Trinajstić information content (AvgIpc) is 2.39. The van der Waals surface area contributed by atoms with Crippen molar-refractivity contribution < 1.29 is 9.59 Å². The van der Waals surface area contributed by atoms with E-state index in [1.807, 2.05) is 20.8 Å². The molecule has 0 saturated carbocycles. The van der Waals surface area contributed by atoms with Gasteiger partial charge in [-0.15, -0.1) is 0 Å². The van der Waals surface area contributed by atoms with E-state index in [1.54, 1.807) is 4.90 Å². The van der Waals surface area contributed by atoms with E-state index >= 15 is 0 Å². The smallest absolute Gasteiger partial charge is 0.240 e. The summed E-state index contributed by atoms with van der Waals surface area (Å²) in [6, 6.07) is -0.513. The molecular formula is C11H21N3O2. The van der Waals surface area contributed by atoms with E-state index < -0.39 is 6.04 Å². The molecule has 0 bridgehead atoms. The van der Waals surface area contributed by atoms with Crippen molar-refractivity contribution in [3.63, 3.8) is 0 Å². The minimum absolute atomic E-state index is 0.000342. The van der Waals surface area contributed by atoms with Crippen LogP contribution in [0.1, 0.15) is 27.2 Å². The molecule has 16 heavy (non-hydrogen) atoms. The highest BCUT2D eigenvalue weighted by atomic mass is 16.2. The van der Waals surface area contributed by atoms with Gasteiger partial charge in [-0.1, -0.05) is 20.8 Å². The van der Waals surface area contributed by atoms with Gasteiger partial charge in [0.05, 0.1) is 6.04 Å². The maximum atomic E-state index is 12.1. The van der Waals surface area contributed by atoms with Crippen molar-refractivity contribution in [3.05, 3.63) is 0 Å². The molecule has 5 heteroatoms. The Balaban J connectivity index is 2.63. The van der Waals surface area contributed by atoms with Gasteiger partial charge < -0.3 is 16.0 Å². The van der Waals surface area contributed by atoms with Crippen LogP contribution in [0.15, 0.2) is 0 Å². The Hall–Kier alpha value is -1.10. The lowest BCUT2D eigenvalue weighted by atomic mass is 9.86. The van der Waals surface area contributed by atoms with Crippen molar-refractivity contribution in [1.82, 2.24) is 10.2 Å². The molecule has 1 saturated heterocycles. The summed E-state index contributed by atoms with van der Waals surface area (Å²) in [7, 11) is 0. The summed E-state index contributed by atoms with van der Waals surface area (Å²) >= 11 is 0. The zero-order valence-corrected chi connectivity index (χ0v) is 10.2. The van der Waals surface area contributed by atoms with Gasteiger partial charge in [-0.25, -0.2) is 0 Å². The molecule has 1 aliphatic rings. The first kappa shape index (κ1) is 13.0. The zero-order chi connectivity index (χ0) is 12.3. The van der Waals surface area contributed by atoms with E-state index in [9.17, 15) is 9.59 Å². The second-order valence-corrected chi connectivity index (χ2v) is 5.27. The average molecular weight is 227 g/mol. The minimum atomic E-state index is -0.513. The summed E-state index contributed by atoms with van der Waals surface area (Å²) in [6.45, 7) is 7.36. The Labute approximate surface area is 96.4 Å². The topological polar surface area (TPSA) is 75.4 Å². The van der Waals surface area contributed by atoms with Gasteiger partial charge in [0.25, 0.3) is 0 Å². The van der Waals surface area contributed by atoms with Gasteiger partial charge in [0, 0.05) is 26.1 Å². The maximum Gasteiger partial charge on any atom is 0.240 e. The minimum Gasteiger partial charge on any atom is -0.354 e. The summed E-state index contributed by atoms with van der Waals surface area (Å²) in [5.74, 6) is -0.0661. The molecule has 5 nitrogen and oxygen atoms in total. The fraction of sp³-hybridized carbons (Fsp3) is 0.818. The van der Waals surface area contributed by atoms with Gasteiger partial charge in [-0.3, -0.25) is 9.59 Å². The van der Waals surface area contributed by atoms with Crippen molar-refractivity contribution in [3.8, 4) is 0 Å². The second-order valence-electron chi connectivity index (χ2n) is 5.27. The fourth-order valence-corrected chi connectivity index (χ4v) is 1.55. The molecule has 0 aromatic rings. The van der Waals surface area contributed by atoms with Crippen molar-refractivity contribution in [2.45, 2.75) is 33.2 Å². The third-order valence-corrected chi connectivity index (χ3v) is 2.82. The first-order valence-corrected chi connectivity index (χ1v) is 5.63. The number of nitrogens with zero attached hydrogens (tertiary/aromatic N) is 1. The van der Waals surface area contributed by atoms with Gasteiger partial charge in [0.1, 0.15) is 0 Å². The number of amides is 2. The molecule has 1 aliphatic heterocycles. The molecule has 3 N–H and O–H groups in total. The Kier molecular flexibility index (Phi) is 3.91. The highest BCUT2D eigenvalue weighted by Crippen LogP contribution is 2.19. The second kappa shape index (κ2) is 4.82. The van der Waals surface area contributed by atoms with Crippen LogP contribution in [0.5, 0.6) is 0 Å². The Morgan fingerprint density at radius 2 is 2.06 bits per heavy atom. The van der Waals surface area contributed by atoms with Crippen LogP contribution in [0.4, 0.5) is 0 Å². The van der Waals surface area contributed by atoms with Crippen LogP contribution in [-0.2, 0) is 9.59 Å². The predicted octanol–water partition coefficient (Wildman–Crippen LogP) is -0.292. The van der Waals surface area contributed by atoms with Crippen molar-refractivity contribution in [2.75, 3.05) is 19.6 Å². The van der Waals surface area contributed by atoms with E-state index in [0.29, 0.717) is 26.1 Å². The molecule has 0 aromatic heterocycles. The maximum absolute atomic E-state index is 12.1. The lowest BCUT2D eigenvalue weighted by molar-refractivity contribution is -0.134. The van der Waals surface area contributed by atoms with Gasteiger partial charge in [0.2, 0.25) is 11.8 Å². The standard InChI is InChI=1S/C11H21N3O2/c1-11(2,3)9(12)10(16)14-6-4-8(15)13-5-7-14/h9H,4-7,12H2,1-3H3,(H,13,15)/t9-/m0/s1. The van der Waals surface area contributed by atoms with Crippen LogP contribution in [0, 0.1) is 5.41 Å². The molecule has 1 atom stereocenters. The molecule has 1 heterocycles. The molecule has 0 radical (unpaired) electrons. The van der Waals surface area contributed by atoms with Crippen LogP contribution in [0.25, 0.3) is 0 Å². The Bertz CT molecular complexity index is 283. The normalized spacial score (nSPS) is 20.0. The third kappa shape index (κ3) is 3.20. The molecule has 1 fully saturated rings. The molecule has 0 aliphatic carbocycles. The van der Waals surface area contributed by atoms with Gasteiger partial charge in [-0.05, 0) is 5.41 Å². The van der Waals surface area contributed by atoms with E-state index in [1.165, 1.54) is 0 Å². The summed E-state index contributed by atoms with van der Waals surface area (Å²) in [6.07, 6.45) is 0.364. The number of nitrogens with one attached hydrogen (secondary N) is 1. The van der Waals surface area contributed by atoms with Crippen LogP contribution in [0.2, 0.25) is 0 Å². The lowest BCUT2D eigenvalue weighted by Crippen LogP contribution is -2.51. The number of hydrogen-bond acceptors (Lipinski definition) is 3. The summed E-state index contributed by atoms with van der Waals surface area (Å²) in [4.78, 5) is 24.9. The summed E-state index contributed by atoms with van der Waals surface area (Å²) in [5, 5.41) is 2.73. The molecule has 0 aromatic carbocycles. The molecule has 0 spiro atoms. The van der Waals surface area contributed by atoms with E-state index in [2.05, 4.69) is 5.32 Å². The summed E-state index contributed by atoms with van der Waals surface area (Å²) < 4.78 is 0. The number of nitrogens with two attached hydrogens (primary N) is 1. The Morgan fingerprint density at radius 1 is 1.44 bits per heavy atom. The SMILES string of the molecule is CC(C)(C)[C@@H](N)C(=O)N1CCNC(=O)CC1. The van der Waals surface area contributed by atoms with Gasteiger partial charge in [0.15, 0.2) is 0 Å². The number of hydrogen-bond donors (Lipinski definition) is 2. The number of carbonyl (C=O) groups excluding carboxylic acids is 2. The van der Waals surface area contributed by atoms with Crippen molar-refractivity contribution >= 4 is 11.8 Å². The van der Waals surface area contributed by atoms with Crippen molar-refractivity contribution in [1.29, 1.82) is 0 Å². The molecule has 92 valence electrons. The van der Waals surface area contributed by atoms with E-state index in [-0.39, 0.29) is 17.2 Å². The highest BCUT2D eigenvalue weighted by molar-refractivity contribution is 5.84. The van der Waals surface area contributed by atoms with Crippen LogP contribution in [-0.4, -0.2) is 42.4 Å². The largest absolute Gasteiger partial charge is 0.354 e. The van der Waals surface area contributed by atoms with Crippen LogP contribution in [0.3, 0.4) is 0 Å². The van der Waals surface area contributed by atoms with E-state index in [0.717, 1.165) is 0 Å². The van der Waals surface area contributed by atoms with Gasteiger partial charge >= 0.3 is 0 Å². The summed E-state index contributed by atoms with van der Waals surface area (Å²) in [5.41, 5.74) is 5.67. The number of rotatable bonds is 1. The van der Waals surface area contributed by atoms with Crippen LogP contribution < -0.4 is 11.1 Å². The quantitative estimate of drug-likeness (QED) is 0.646. The first-order chi connectivity index (χ1) is 7.32. The van der Waals surface area contributed by atoms with Gasteiger partial charge in [-0.2, -0.15) is 0 Å². The zero-order valence-electron chi connectivity index (χ0n) is 10.2. The van der Waals surface area contributed by atoms with Crippen molar-refractivity contribution in [2.24, 2.45) is 11.1 Å². The predicted molar refractivity (Wildman–Crippen MR) is 61.6 cm³/mol. The molecule has 2 amide bonds. The molecule has 1 rings (SSSR count). The number of carbonyl (C=O) groups is 2.